The summed E-state index contributed by atoms with van der Waals surface area (Å²) < 4.78 is 1.69. The fourth-order valence-corrected chi connectivity index (χ4v) is 2.94. The number of nitrogens with zero attached hydrogens (tertiary/aromatic N) is 4. The standard InChI is InChI=1S/C14H20N6/c1-10-5-6-12(7-14(10)20-9-16-18-19-20)17-13-4-2-3-11(13)8-15/h5-7,9,11,13,17H,2-4,8,15H2,1H3. The lowest BCUT2D eigenvalue weighted by Gasteiger charge is -2.21. The molecule has 1 aliphatic carbocycles. The van der Waals surface area contributed by atoms with Crippen LogP contribution >= 0.6 is 0 Å². The minimum absolute atomic E-state index is 0.476. The maximum absolute atomic E-state index is 5.84. The van der Waals surface area contributed by atoms with E-state index in [2.05, 4.69) is 46.0 Å². The lowest BCUT2D eigenvalue weighted by Crippen LogP contribution is -2.29. The van der Waals surface area contributed by atoms with Gasteiger partial charge in [0.2, 0.25) is 0 Å². The van der Waals surface area contributed by atoms with Crippen LogP contribution in [-0.2, 0) is 0 Å². The van der Waals surface area contributed by atoms with Gasteiger partial charge < -0.3 is 11.1 Å². The summed E-state index contributed by atoms with van der Waals surface area (Å²) >= 11 is 0. The second-order valence-corrected chi connectivity index (χ2v) is 5.43. The number of rotatable bonds is 4. The minimum atomic E-state index is 0.476. The van der Waals surface area contributed by atoms with Crippen molar-refractivity contribution in [1.82, 2.24) is 20.2 Å². The van der Waals surface area contributed by atoms with Gasteiger partial charge in [-0.3, -0.25) is 0 Å². The molecule has 6 nitrogen and oxygen atoms in total. The highest BCUT2D eigenvalue weighted by atomic mass is 15.5. The molecular weight excluding hydrogens is 252 g/mol. The SMILES string of the molecule is Cc1ccc(NC2CCCC2CN)cc1-n1cnnn1. The summed E-state index contributed by atoms with van der Waals surface area (Å²) in [6, 6.07) is 6.77. The van der Waals surface area contributed by atoms with E-state index in [1.165, 1.54) is 19.3 Å². The molecule has 0 bridgehead atoms. The van der Waals surface area contributed by atoms with Crippen molar-refractivity contribution in [3.8, 4) is 5.69 Å². The van der Waals surface area contributed by atoms with E-state index in [9.17, 15) is 0 Å². The molecule has 0 amide bonds. The van der Waals surface area contributed by atoms with Crippen LogP contribution in [-0.4, -0.2) is 32.8 Å². The van der Waals surface area contributed by atoms with Gasteiger partial charge in [0.15, 0.2) is 0 Å². The van der Waals surface area contributed by atoms with Gasteiger partial charge in [0, 0.05) is 11.7 Å². The molecule has 0 radical (unpaired) electrons. The normalized spacial score (nSPS) is 22.1. The highest BCUT2D eigenvalue weighted by molar-refractivity contribution is 5.55. The Morgan fingerprint density at radius 2 is 2.30 bits per heavy atom. The van der Waals surface area contributed by atoms with Gasteiger partial charge in [-0.15, -0.1) is 5.10 Å². The topological polar surface area (TPSA) is 81.6 Å². The highest BCUT2D eigenvalue weighted by Crippen LogP contribution is 2.28. The monoisotopic (exact) mass is 272 g/mol. The van der Waals surface area contributed by atoms with E-state index < -0.39 is 0 Å². The summed E-state index contributed by atoms with van der Waals surface area (Å²) in [5, 5.41) is 15.0. The van der Waals surface area contributed by atoms with E-state index in [0.717, 1.165) is 23.5 Å². The molecule has 2 aromatic rings. The van der Waals surface area contributed by atoms with Crippen LogP contribution < -0.4 is 11.1 Å². The van der Waals surface area contributed by atoms with Crippen LogP contribution in [0.15, 0.2) is 24.5 Å². The van der Waals surface area contributed by atoms with Crippen LogP contribution in [0.3, 0.4) is 0 Å². The molecule has 1 fully saturated rings. The van der Waals surface area contributed by atoms with E-state index in [0.29, 0.717) is 12.0 Å². The number of nitrogens with two attached hydrogens (primary N) is 1. The first-order valence-electron chi connectivity index (χ1n) is 7.08. The van der Waals surface area contributed by atoms with Crippen molar-refractivity contribution in [3.05, 3.63) is 30.1 Å². The maximum Gasteiger partial charge on any atom is 0.143 e. The molecule has 2 unspecified atom stereocenters. The van der Waals surface area contributed by atoms with Crippen LogP contribution in [0.25, 0.3) is 5.69 Å². The molecule has 1 aromatic heterocycles. The van der Waals surface area contributed by atoms with E-state index in [1.54, 1.807) is 11.0 Å². The molecule has 6 heteroatoms. The van der Waals surface area contributed by atoms with E-state index in [1.807, 2.05) is 0 Å². The van der Waals surface area contributed by atoms with Crippen molar-refractivity contribution < 1.29 is 0 Å². The van der Waals surface area contributed by atoms with Crippen LogP contribution in [0.1, 0.15) is 24.8 Å². The van der Waals surface area contributed by atoms with Crippen molar-refractivity contribution in [2.24, 2.45) is 11.7 Å². The molecule has 106 valence electrons. The van der Waals surface area contributed by atoms with Crippen LogP contribution in [0, 0.1) is 12.8 Å². The third-order valence-corrected chi connectivity index (χ3v) is 4.12. The largest absolute Gasteiger partial charge is 0.382 e. The highest BCUT2D eigenvalue weighted by Gasteiger charge is 2.25. The summed E-state index contributed by atoms with van der Waals surface area (Å²) in [6.07, 6.45) is 5.28. The van der Waals surface area contributed by atoms with Gasteiger partial charge in [-0.2, -0.15) is 0 Å². The zero-order valence-corrected chi connectivity index (χ0v) is 11.7. The summed E-state index contributed by atoms with van der Waals surface area (Å²) in [5.74, 6) is 0.577. The van der Waals surface area contributed by atoms with Gasteiger partial charge in [0.1, 0.15) is 6.33 Å². The Morgan fingerprint density at radius 1 is 1.40 bits per heavy atom. The molecular formula is C14H20N6. The predicted octanol–water partition coefficient (Wildman–Crippen LogP) is 1.51. The van der Waals surface area contributed by atoms with Gasteiger partial charge in [-0.05, 0) is 60.4 Å². The van der Waals surface area contributed by atoms with E-state index >= 15 is 0 Å². The van der Waals surface area contributed by atoms with Crippen molar-refractivity contribution in [1.29, 1.82) is 0 Å². The number of tetrazole rings is 1. The van der Waals surface area contributed by atoms with Crippen LogP contribution in [0.4, 0.5) is 5.69 Å². The number of hydrogen-bond acceptors (Lipinski definition) is 5. The van der Waals surface area contributed by atoms with Crippen molar-refractivity contribution in [2.75, 3.05) is 11.9 Å². The first kappa shape index (κ1) is 13.1. The van der Waals surface area contributed by atoms with E-state index in [-0.39, 0.29) is 0 Å². The molecule has 1 saturated carbocycles. The third kappa shape index (κ3) is 2.51. The molecule has 3 N–H and O–H groups in total. The molecule has 0 saturated heterocycles. The molecule has 2 atom stereocenters. The molecule has 0 spiro atoms. The van der Waals surface area contributed by atoms with Crippen molar-refractivity contribution in [2.45, 2.75) is 32.2 Å². The van der Waals surface area contributed by atoms with Gasteiger partial charge >= 0.3 is 0 Å². The Balaban J connectivity index is 1.82. The molecule has 20 heavy (non-hydrogen) atoms. The van der Waals surface area contributed by atoms with Gasteiger partial charge in [0.25, 0.3) is 0 Å². The molecule has 1 heterocycles. The Hall–Kier alpha value is -1.95. The quantitative estimate of drug-likeness (QED) is 0.881. The van der Waals surface area contributed by atoms with Gasteiger partial charge in [0.05, 0.1) is 5.69 Å². The van der Waals surface area contributed by atoms with Gasteiger partial charge in [-0.1, -0.05) is 12.5 Å². The molecule has 1 aliphatic rings. The maximum atomic E-state index is 5.84. The van der Waals surface area contributed by atoms with Crippen molar-refractivity contribution >= 4 is 5.69 Å². The summed E-state index contributed by atoms with van der Waals surface area (Å²) in [7, 11) is 0. The Labute approximate surface area is 118 Å². The Morgan fingerprint density at radius 3 is 3.05 bits per heavy atom. The van der Waals surface area contributed by atoms with Crippen LogP contribution in [0.2, 0.25) is 0 Å². The average Bonchev–Trinajstić information content (AvgIpc) is 3.12. The van der Waals surface area contributed by atoms with E-state index in [4.69, 9.17) is 5.73 Å². The molecule has 1 aromatic carbocycles. The first-order chi connectivity index (χ1) is 9.78. The smallest absolute Gasteiger partial charge is 0.143 e. The fourth-order valence-electron chi connectivity index (χ4n) is 2.94. The Kier molecular flexibility index (Phi) is 3.64. The summed E-state index contributed by atoms with van der Waals surface area (Å²) in [6.45, 7) is 2.81. The number of nitrogens with one attached hydrogen (secondary N) is 1. The zero-order valence-electron chi connectivity index (χ0n) is 11.7. The number of hydrogen-bond donors (Lipinski definition) is 2. The lowest BCUT2D eigenvalue weighted by molar-refractivity contribution is 0.516. The summed E-state index contributed by atoms with van der Waals surface area (Å²) in [5.41, 5.74) is 9.09. The number of aromatic nitrogens is 4. The second-order valence-electron chi connectivity index (χ2n) is 5.43. The number of anilines is 1. The lowest BCUT2D eigenvalue weighted by atomic mass is 10.0. The third-order valence-electron chi connectivity index (χ3n) is 4.12. The minimum Gasteiger partial charge on any atom is -0.382 e. The predicted molar refractivity (Wildman–Crippen MR) is 77.7 cm³/mol. The molecule has 0 aliphatic heterocycles. The number of benzene rings is 1. The average molecular weight is 272 g/mol. The Bertz CT molecular complexity index is 565. The molecule has 3 rings (SSSR count). The van der Waals surface area contributed by atoms with Gasteiger partial charge in [-0.25, -0.2) is 4.68 Å². The number of aryl methyl sites for hydroxylation is 1. The fraction of sp³-hybridized carbons (Fsp3) is 0.500. The first-order valence-corrected chi connectivity index (χ1v) is 7.08. The zero-order chi connectivity index (χ0) is 13.9. The second kappa shape index (κ2) is 5.58. The van der Waals surface area contributed by atoms with Crippen molar-refractivity contribution in [3.63, 3.8) is 0 Å². The van der Waals surface area contributed by atoms with Crippen LogP contribution in [0.5, 0.6) is 0 Å². The summed E-state index contributed by atoms with van der Waals surface area (Å²) in [4.78, 5) is 0.